The van der Waals surface area contributed by atoms with Gasteiger partial charge in [-0.1, -0.05) is 24.3 Å². The van der Waals surface area contributed by atoms with Crippen molar-refractivity contribution in [3.8, 4) is 0 Å². The number of nitrogens with zero attached hydrogens (tertiary/aromatic N) is 4. The molecule has 26 heavy (non-hydrogen) atoms. The molecular weight excluding hydrogens is 350 g/mol. The van der Waals surface area contributed by atoms with E-state index < -0.39 is 10.0 Å². The summed E-state index contributed by atoms with van der Waals surface area (Å²) < 4.78 is 26.8. The van der Waals surface area contributed by atoms with E-state index in [9.17, 15) is 8.42 Å². The van der Waals surface area contributed by atoms with E-state index in [4.69, 9.17) is 0 Å². The Bertz CT molecular complexity index is 946. The normalized spacial score (nSPS) is 16.9. The first kappa shape index (κ1) is 17.2. The Morgan fingerprint density at radius 1 is 0.962 bits per heavy atom. The second kappa shape index (κ2) is 7.16. The Morgan fingerprint density at radius 3 is 2.42 bits per heavy atom. The number of rotatable bonds is 5. The summed E-state index contributed by atoms with van der Waals surface area (Å²) in [6, 6.07) is 14.4. The number of pyridine rings is 1. The van der Waals surface area contributed by atoms with Gasteiger partial charge in [0, 0.05) is 45.1 Å². The molecule has 0 spiro atoms. The average molecular weight is 371 g/mol. The third-order valence-corrected chi connectivity index (χ3v) is 5.87. The predicted octanol–water partition coefficient (Wildman–Crippen LogP) is 1.35. The van der Waals surface area contributed by atoms with E-state index >= 15 is 0 Å². The summed E-state index contributed by atoms with van der Waals surface area (Å²) in [6.45, 7) is 3.61. The highest BCUT2D eigenvalue weighted by Gasteiger charge is 2.22. The Morgan fingerprint density at radius 2 is 1.69 bits per heavy atom. The SMILES string of the molecule is O=S(=O)(NN1CCN(Cc2cn3ccccc3n2)CC1)c1ccccc1. The minimum atomic E-state index is -3.51. The topological polar surface area (TPSA) is 70.0 Å². The molecule has 1 aromatic carbocycles. The molecule has 0 atom stereocenters. The maximum absolute atomic E-state index is 12.4. The number of aromatic nitrogens is 2. The summed E-state index contributed by atoms with van der Waals surface area (Å²) in [7, 11) is -3.51. The van der Waals surface area contributed by atoms with Gasteiger partial charge in [-0.05, 0) is 24.3 Å². The number of nitrogens with one attached hydrogen (secondary N) is 1. The Labute approximate surface area is 152 Å². The van der Waals surface area contributed by atoms with Crippen LogP contribution in [0.1, 0.15) is 5.69 Å². The van der Waals surface area contributed by atoms with Crippen molar-refractivity contribution in [1.82, 2.24) is 24.1 Å². The van der Waals surface area contributed by atoms with Gasteiger partial charge in [0.1, 0.15) is 5.65 Å². The largest absolute Gasteiger partial charge is 0.307 e. The monoisotopic (exact) mass is 371 g/mol. The molecule has 0 bridgehead atoms. The van der Waals surface area contributed by atoms with Gasteiger partial charge in [0.05, 0.1) is 10.6 Å². The van der Waals surface area contributed by atoms with Gasteiger partial charge in [-0.3, -0.25) is 4.90 Å². The predicted molar refractivity (Wildman–Crippen MR) is 98.8 cm³/mol. The van der Waals surface area contributed by atoms with Gasteiger partial charge >= 0.3 is 0 Å². The molecule has 0 unspecified atom stereocenters. The van der Waals surface area contributed by atoms with Crippen molar-refractivity contribution in [3.05, 3.63) is 66.6 Å². The Hall–Kier alpha value is -2.26. The maximum Gasteiger partial charge on any atom is 0.253 e. The quantitative estimate of drug-likeness (QED) is 0.733. The molecule has 3 heterocycles. The van der Waals surface area contributed by atoms with E-state index in [1.165, 1.54) is 0 Å². The van der Waals surface area contributed by atoms with Crippen molar-refractivity contribution in [2.75, 3.05) is 26.2 Å². The van der Waals surface area contributed by atoms with E-state index in [1.807, 2.05) is 35.0 Å². The fourth-order valence-electron chi connectivity index (χ4n) is 3.11. The number of hydrogen-bond donors (Lipinski definition) is 1. The zero-order valence-electron chi connectivity index (χ0n) is 14.3. The van der Waals surface area contributed by atoms with E-state index in [0.717, 1.165) is 31.0 Å². The average Bonchev–Trinajstić information content (AvgIpc) is 3.06. The van der Waals surface area contributed by atoms with Crippen molar-refractivity contribution in [2.45, 2.75) is 11.4 Å². The number of imidazole rings is 1. The Balaban J connectivity index is 1.34. The van der Waals surface area contributed by atoms with Crippen LogP contribution in [0.25, 0.3) is 5.65 Å². The van der Waals surface area contributed by atoms with Gasteiger partial charge in [-0.15, -0.1) is 4.83 Å². The van der Waals surface area contributed by atoms with Crippen LogP contribution >= 0.6 is 0 Å². The number of fused-ring (bicyclic) bond motifs is 1. The molecule has 1 N–H and O–H groups in total. The molecule has 0 saturated carbocycles. The zero-order chi connectivity index (χ0) is 18.0. The van der Waals surface area contributed by atoms with E-state index in [-0.39, 0.29) is 4.90 Å². The van der Waals surface area contributed by atoms with Crippen LogP contribution in [-0.2, 0) is 16.6 Å². The minimum absolute atomic E-state index is 0.284. The van der Waals surface area contributed by atoms with Gasteiger partial charge < -0.3 is 4.40 Å². The molecule has 2 aromatic heterocycles. The second-order valence-corrected chi connectivity index (χ2v) is 8.03. The lowest BCUT2D eigenvalue weighted by atomic mass is 10.3. The molecule has 0 aliphatic carbocycles. The molecule has 4 rings (SSSR count). The first-order valence-corrected chi connectivity index (χ1v) is 10.1. The third-order valence-electron chi connectivity index (χ3n) is 4.47. The summed E-state index contributed by atoms with van der Waals surface area (Å²) in [5, 5.41) is 1.77. The fraction of sp³-hybridized carbons (Fsp3) is 0.278. The molecular formula is C18H21N5O2S. The number of sulfonamides is 1. The molecule has 1 saturated heterocycles. The molecule has 136 valence electrons. The molecule has 1 aliphatic rings. The van der Waals surface area contributed by atoms with Crippen molar-refractivity contribution < 1.29 is 8.42 Å². The second-order valence-electron chi connectivity index (χ2n) is 6.37. The van der Waals surface area contributed by atoms with Crippen LogP contribution in [0.5, 0.6) is 0 Å². The van der Waals surface area contributed by atoms with E-state index in [2.05, 4.69) is 14.7 Å². The Kier molecular flexibility index (Phi) is 4.73. The lowest BCUT2D eigenvalue weighted by molar-refractivity contribution is 0.110. The van der Waals surface area contributed by atoms with Crippen LogP contribution in [0.3, 0.4) is 0 Å². The highest BCUT2D eigenvalue weighted by Crippen LogP contribution is 2.11. The number of benzene rings is 1. The van der Waals surface area contributed by atoms with Crippen molar-refractivity contribution in [3.63, 3.8) is 0 Å². The van der Waals surface area contributed by atoms with Crippen molar-refractivity contribution in [1.29, 1.82) is 0 Å². The summed E-state index contributed by atoms with van der Waals surface area (Å²) in [5.74, 6) is 0. The molecule has 0 amide bonds. The third kappa shape index (κ3) is 3.78. The standard InChI is InChI=1S/C18H21N5O2S/c24-26(25,17-6-2-1-3-7-17)20-23-12-10-21(11-13-23)14-16-15-22-9-5-4-8-18(22)19-16/h1-9,15,20H,10-14H2. The van der Waals surface area contributed by atoms with Gasteiger partial charge in [0.2, 0.25) is 0 Å². The first-order chi connectivity index (χ1) is 12.6. The number of piperazine rings is 1. The van der Waals surface area contributed by atoms with E-state index in [0.29, 0.717) is 13.1 Å². The van der Waals surface area contributed by atoms with E-state index in [1.54, 1.807) is 35.3 Å². The van der Waals surface area contributed by atoms with Crippen LogP contribution in [0.2, 0.25) is 0 Å². The lowest BCUT2D eigenvalue weighted by Gasteiger charge is -2.34. The van der Waals surface area contributed by atoms with Crippen LogP contribution in [0, 0.1) is 0 Å². The van der Waals surface area contributed by atoms with Gasteiger partial charge in [0.15, 0.2) is 0 Å². The molecule has 1 aliphatic heterocycles. The van der Waals surface area contributed by atoms with Crippen LogP contribution in [0.4, 0.5) is 0 Å². The van der Waals surface area contributed by atoms with Gasteiger partial charge in [0.25, 0.3) is 10.0 Å². The van der Waals surface area contributed by atoms with Crippen LogP contribution in [-0.4, -0.2) is 53.9 Å². The van der Waals surface area contributed by atoms with Gasteiger partial charge in [-0.2, -0.15) is 0 Å². The molecule has 7 nitrogen and oxygen atoms in total. The summed E-state index contributed by atoms with van der Waals surface area (Å²) in [6.07, 6.45) is 4.03. The van der Waals surface area contributed by atoms with Crippen LogP contribution in [0.15, 0.2) is 65.8 Å². The molecule has 1 fully saturated rings. The molecule has 0 radical (unpaired) electrons. The van der Waals surface area contributed by atoms with Gasteiger partial charge in [-0.25, -0.2) is 18.4 Å². The highest BCUT2D eigenvalue weighted by molar-refractivity contribution is 7.89. The molecule has 8 heteroatoms. The smallest absolute Gasteiger partial charge is 0.253 e. The minimum Gasteiger partial charge on any atom is -0.307 e. The summed E-state index contributed by atoms with van der Waals surface area (Å²) in [5.41, 5.74) is 1.96. The summed E-state index contributed by atoms with van der Waals surface area (Å²) >= 11 is 0. The fourth-order valence-corrected chi connectivity index (χ4v) is 4.26. The first-order valence-electron chi connectivity index (χ1n) is 8.58. The van der Waals surface area contributed by atoms with Crippen molar-refractivity contribution >= 4 is 15.7 Å². The maximum atomic E-state index is 12.4. The van der Waals surface area contributed by atoms with Crippen LogP contribution < -0.4 is 4.83 Å². The van der Waals surface area contributed by atoms with Crippen molar-refractivity contribution in [2.24, 2.45) is 0 Å². The lowest BCUT2D eigenvalue weighted by Crippen LogP contribution is -2.53. The zero-order valence-corrected chi connectivity index (χ0v) is 15.1. The highest BCUT2D eigenvalue weighted by atomic mass is 32.2. The number of hydrogen-bond acceptors (Lipinski definition) is 5. The molecule has 3 aromatic rings. The summed E-state index contributed by atoms with van der Waals surface area (Å²) in [4.78, 5) is 9.87. The number of hydrazine groups is 1.